The number of aryl methyl sites for hydroxylation is 2. The summed E-state index contributed by atoms with van der Waals surface area (Å²) in [4.78, 5) is 6.58. The minimum absolute atomic E-state index is 0.0241. The fraction of sp³-hybridized carbons (Fsp3) is 0.364. The Hall–Kier alpha value is -2.51. The maximum atomic E-state index is 11.9. The van der Waals surface area contributed by atoms with Crippen molar-refractivity contribution >= 4 is 21.5 Å². The van der Waals surface area contributed by atoms with Crippen molar-refractivity contribution in [3.05, 3.63) is 59.3 Å². The molecule has 3 heterocycles. The van der Waals surface area contributed by atoms with Gasteiger partial charge in [-0.3, -0.25) is 10.4 Å². The summed E-state index contributed by atoms with van der Waals surface area (Å²) in [5.74, 6) is 0.520. The van der Waals surface area contributed by atoms with Gasteiger partial charge < -0.3 is 4.90 Å². The number of nitrogens with zero attached hydrogens (tertiary/aromatic N) is 3. The lowest BCUT2D eigenvalue weighted by Gasteiger charge is -2.40. The molecule has 29 heavy (non-hydrogen) atoms. The van der Waals surface area contributed by atoms with E-state index in [-0.39, 0.29) is 5.92 Å². The van der Waals surface area contributed by atoms with Crippen LogP contribution in [-0.4, -0.2) is 49.4 Å². The summed E-state index contributed by atoms with van der Waals surface area (Å²) in [6.45, 7) is 5.52. The Balaban J connectivity index is 1.63. The van der Waals surface area contributed by atoms with E-state index in [9.17, 15) is 8.42 Å². The highest BCUT2D eigenvalue weighted by Gasteiger charge is 2.35. The van der Waals surface area contributed by atoms with Gasteiger partial charge in [0.25, 0.3) is 0 Å². The number of hydrogen-bond donors (Lipinski definition) is 1. The Morgan fingerprint density at radius 3 is 2.66 bits per heavy atom. The Morgan fingerprint density at radius 1 is 1.17 bits per heavy atom. The molecule has 7 heteroatoms. The van der Waals surface area contributed by atoms with Crippen LogP contribution in [0.4, 0.5) is 5.69 Å². The number of anilines is 1. The number of sulfonamides is 1. The monoisotopic (exact) mass is 410 g/mol. The second-order valence-corrected chi connectivity index (χ2v) is 9.92. The number of pyridine rings is 1. The number of hydrogen-bond acceptors (Lipinski definition) is 4. The van der Waals surface area contributed by atoms with Crippen molar-refractivity contribution < 1.29 is 8.42 Å². The van der Waals surface area contributed by atoms with Crippen LogP contribution in [-0.2, 0) is 10.0 Å². The second kappa shape index (κ2) is 7.39. The van der Waals surface area contributed by atoms with Gasteiger partial charge in [-0.25, -0.2) is 8.42 Å². The zero-order chi connectivity index (χ0) is 20.8. The van der Waals surface area contributed by atoms with E-state index < -0.39 is 10.0 Å². The molecule has 0 aliphatic carbocycles. The molecule has 2 aliphatic heterocycles. The first-order valence-electron chi connectivity index (χ1n) is 9.78. The molecule has 1 aromatic carbocycles. The van der Waals surface area contributed by atoms with Crippen molar-refractivity contribution in [2.24, 2.45) is 5.92 Å². The molecule has 4 rings (SSSR count). The third-order valence-electron chi connectivity index (χ3n) is 5.82. The molecule has 2 aliphatic rings. The molecule has 0 bridgehead atoms. The predicted octanol–water partition coefficient (Wildman–Crippen LogP) is 3.37. The van der Waals surface area contributed by atoms with Crippen LogP contribution in [0.15, 0.2) is 48.2 Å². The Kier molecular flexibility index (Phi) is 5.04. The molecule has 1 unspecified atom stereocenters. The minimum atomic E-state index is -3.20. The summed E-state index contributed by atoms with van der Waals surface area (Å²) in [7, 11) is -3.20. The molecule has 1 aromatic heterocycles. The highest BCUT2D eigenvalue weighted by atomic mass is 32.2. The van der Waals surface area contributed by atoms with Gasteiger partial charge in [0.2, 0.25) is 10.0 Å². The third kappa shape index (κ3) is 3.84. The maximum absolute atomic E-state index is 11.9. The van der Waals surface area contributed by atoms with E-state index in [4.69, 9.17) is 5.41 Å². The molecule has 6 nitrogen and oxygen atoms in total. The smallest absolute Gasteiger partial charge is 0.211 e. The first kappa shape index (κ1) is 19.8. The van der Waals surface area contributed by atoms with Crippen molar-refractivity contribution in [1.29, 1.82) is 5.41 Å². The minimum Gasteiger partial charge on any atom is -0.326 e. The van der Waals surface area contributed by atoms with Gasteiger partial charge in [0, 0.05) is 43.0 Å². The van der Waals surface area contributed by atoms with Crippen LogP contribution >= 0.6 is 0 Å². The summed E-state index contributed by atoms with van der Waals surface area (Å²) in [5.41, 5.74) is 6.27. The number of aromatic nitrogens is 1. The molecule has 1 atom stereocenters. The van der Waals surface area contributed by atoms with Crippen LogP contribution in [0.5, 0.6) is 0 Å². The van der Waals surface area contributed by atoms with Crippen LogP contribution in [0.3, 0.4) is 0 Å². The Bertz CT molecular complexity index is 1090. The summed E-state index contributed by atoms with van der Waals surface area (Å²) in [5, 5.41) is 8.79. The molecule has 2 aromatic rings. The fourth-order valence-electron chi connectivity index (χ4n) is 4.07. The third-order valence-corrected chi connectivity index (χ3v) is 7.07. The molecular formula is C22H26N4O2S. The standard InChI is InChI=1S/C22H26N4O2S/c1-15-4-7-21(24-13-15)20-12-18(6-5-16(20)2)26-11-8-17-14-25(29(3,27)28)10-9-19(17)22(26)23/h4-8,12-13,19,23H,9-11,14H2,1-3H3. The van der Waals surface area contributed by atoms with E-state index in [2.05, 4.69) is 36.2 Å². The van der Waals surface area contributed by atoms with Crippen LogP contribution in [0.25, 0.3) is 11.3 Å². The lowest BCUT2D eigenvalue weighted by molar-refractivity contribution is 0.371. The zero-order valence-electron chi connectivity index (χ0n) is 17.0. The zero-order valence-corrected chi connectivity index (χ0v) is 17.8. The van der Waals surface area contributed by atoms with Gasteiger partial charge in [0.05, 0.1) is 11.9 Å². The van der Waals surface area contributed by atoms with Gasteiger partial charge in [0.15, 0.2) is 0 Å². The number of benzene rings is 1. The molecule has 0 radical (unpaired) electrons. The topological polar surface area (TPSA) is 77.4 Å². The lowest BCUT2D eigenvalue weighted by Crippen LogP contribution is -2.48. The average molecular weight is 411 g/mol. The molecule has 0 amide bonds. The van der Waals surface area contributed by atoms with Crippen LogP contribution in [0.1, 0.15) is 17.5 Å². The van der Waals surface area contributed by atoms with Crippen LogP contribution in [0, 0.1) is 25.2 Å². The van der Waals surface area contributed by atoms with Crippen molar-refractivity contribution in [3.63, 3.8) is 0 Å². The Morgan fingerprint density at radius 2 is 1.97 bits per heavy atom. The summed E-state index contributed by atoms with van der Waals surface area (Å²) < 4.78 is 25.3. The first-order valence-corrected chi connectivity index (χ1v) is 11.6. The number of amidine groups is 1. The maximum Gasteiger partial charge on any atom is 0.211 e. The van der Waals surface area contributed by atoms with E-state index in [0.717, 1.165) is 33.6 Å². The highest BCUT2D eigenvalue weighted by molar-refractivity contribution is 7.88. The first-order chi connectivity index (χ1) is 13.7. The highest BCUT2D eigenvalue weighted by Crippen LogP contribution is 2.34. The van der Waals surface area contributed by atoms with Gasteiger partial charge in [-0.15, -0.1) is 0 Å². The van der Waals surface area contributed by atoms with Gasteiger partial charge in [-0.1, -0.05) is 18.2 Å². The van der Waals surface area contributed by atoms with E-state index in [1.54, 1.807) is 0 Å². The van der Waals surface area contributed by atoms with Crippen molar-refractivity contribution in [3.8, 4) is 11.3 Å². The molecule has 152 valence electrons. The van der Waals surface area contributed by atoms with E-state index in [1.165, 1.54) is 10.6 Å². The summed E-state index contributed by atoms with van der Waals surface area (Å²) in [6, 6.07) is 10.3. The molecule has 0 spiro atoms. The van der Waals surface area contributed by atoms with Gasteiger partial charge in [0.1, 0.15) is 5.84 Å². The van der Waals surface area contributed by atoms with Gasteiger partial charge in [-0.05, 0) is 55.2 Å². The average Bonchev–Trinajstić information content (AvgIpc) is 2.69. The molecule has 0 saturated carbocycles. The van der Waals surface area contributed by atoms with Crippen molar-refractivity contribution in [2.75, 3.05) is 30.8 Å². The molecule has 1 saturated heterocycles. The lowest BCUT2D eigenvalue weighted by atomic mass is 9.87. The summed E-state index contributed by atoms with van der Waals surface area (Å²) >= 11 is 0. The molecule has 1 fully saturated rings. The number of fused-ring (bicyclic) bond motifs is 1. The molecular weight excluding hydrogens is 384 g/mol. The number of nitrogens with one attached hydrogen (secondary N) is 1. The van der Waals surface area contributed by atoms with Crippen LogP contribution in [0.2, 0.25) is 0 Å². The largest absolute Gasteiger partial charge is 0.326 e. The van der Waals surface area contributed by atoms with E-state index in [0.29, 0.717) is 31.9 Å². The van der Waals surface area contributed by atoms with Gasteiger partial charge >= 0.3 is 0 Å². The van der Waals surface area contributed by atoms with Crippen molar-refractivity contribution in [2.45, 2.75) is 20.3 Å². The van der Waals surface area contributed by atoms with E-state index >= 15 is 0 Å². The predicted molar refractivity (Wildman–Crippen MR) is 117 cm³/mol. The number of rotatable bonds is 3. The molecule has 1 N–H and O–H groups in total. The summed E-state index contributed by atoms with van der Waals surface area (Å²) in [6.07, 6.45) is 5.85. The van der Waals surface area contributed by atoms with Crippen LogP contribution < -0.4 is 4.90 Å². The normalized spacial score (nSPS) is 20.4. The quantitative estimate of drug-likeness (QED) is 0.787. The fourth-order valence-corrected chi connectivity index (χ4v) is 4.89. The van der Waals surface area contributed by atoms with Crippen molar-refractivity contribution in [1.82, 2.24) is 9.29 Å². The second-order valence-electron chi connectivity index (χ2n) is 7.93. The Labute approximate surface area is 172 Å². The van der Waals surface area contributed by atoms with E-state index in [1.807, 2.05) is 30.2 Å². The van der Waals surface area contributed by atoms with Gasteiger partial charge in [-0.2, -0.15) is 4.31 Å². The number of piperidine rings is 1. The SMILES string of the molecule is Cc1ccc(-c2cc(N3CC=C4CN(S(C)(=O)=O)CCC4C3=N)ccc2C)nc1.